The van der Waals surface area contributed by atoms with Crippen LogP contribution in [-0.2, 0) is 38.4 Å². The van der Waals surface area contributed by atoms with Gasteiger partial charge in [-0.15, -0.1) is 23.4 Å². The van der Waals surface area contributed by atoms with Gasteiger partial charge in [0.15, 0.2) is 6.04 Å². The van der Waals surface area contributed by atoms with Gasteiger partial charge in [0, 0.05) is 52.0 Å². The molecule has 0 unspecified atom stereocenters. The van der Waals surface area contributed by atoms with Crippen molar-refractivity contribution in [3.8, 4) is 41.2 Å². The molecule has 2 atom stereocenters. The number of halogens is 1. The molecule has 0 fully saturated rings. The van der Waals surface area contributed by atoms with Crippen LogP contribution in [0.5, 0.6) is 23.0 Å². The Kier molecular flexibility index (Phi) is 65.1. The average molecular weight is 1670 g/mol. The summed E-state index contributed by atoms with van der Waals surface area (Å²) in [5.74, 6) is 1.83. The topological polar surface area (TPSA) is 511 Å². The maximum atomic E-state index is 11.5. The molecule has 5 heterocycles. The van der Waals surface area contributed by atoms with E-state index < -0.39 is 41.3 Å². The fraction of sp³-hybridized carbons (Fsp3) is 0.352. The molecule has 4 aromatic carbocycles. The number of amides is 2. The van der Waals surface area contributed by atoms with Crippen molar-refractivity contribution in [2.75, 3.05) is 63.4 Å². The third-order valence-electron chi connectivity index (χ3n) is 12.2. The van der Waals surface area contributed by atoms with Gasteiger partial charge < -0.3 is 90.0 Å². The maximum absolute atomic E-state index is 11.5. The third-order valence-corrected chi connectivity index (χ3v) is 13.9. The second-order valence-electron chi connectivity index (χ2n) is 22.8. The minimum absolute atomic E-state index is 0. The Hall–Kier alpha value is -4.38. The molecule has 38 heteroatoms. The van der Waals surface area contributed by atoms with Crippen LogP contribution in [0.3, 0.4) is 0 Å². The van der Waals surface area contributed by atoms with Crippen LogP contribution in [0.2, 0.25) is 0 Å². The van der Waals surface area contributed by atoms with E-state index in [1.807, 2.05) is 139 Å². The standard InChI is InChI=1S/C18H21N3O3.C16H17N3O3S.C13H13N3O.C10H6N2O.C8H16ClNO2.C3H7NO2S.2CH2O3.CH4.4K.2H/c1-18(2,3)24-17(22)20-9-4-10-23-15-7-8-16-13(11-15)5-6-14(12-19)21-16;17-6-1-7-22-11-3-5-12-10(8-11)2-4-13(18-12)15-19-14(9-23-15)16(20)21;14-6-1-7-17-12-4-5-13-10(8-12)2-3-11(9-15)16-13;11-6-8-2-1-7-5-9(13)3-4-10(7)12-8;1-8(2,3)12-7(11)10-6-4-5-9;4-2(1-7)3(5)6;2*2-1-4-3;;;;;;;/h5-8,11H,4,9-10H2,1-3H3,(H,20,22);2-5,8,14H,1,6-7,9,17H2,(H,20,21);2-5,8H,1,6-7,14H2;1-5,13H;4-6H2,1-3H3,(H,10,11);2,7H,1,4H2,(H,5,6);2*1,3H;1H4;;;;;;/q;;;;;;;;;4*+1;2*-1/p-2/t;14-;;;;2-;;;;;;;;;/m.1...1........./s1. The van der Waals surface area contributed by atoms with E-state index in [2.05, 4.69) is 58.0 Å². The first-order chi connectivity index (χ1) is 49.6. The van der Waals surface area contributed by atoms with Crippen molar-refractivity contribution >= 4 is 122 Å². The van der Waals surface area contributed by atoms with E-state index in [-0.39, 0.29) is 246 Å². The van der Waals surface area contributed by atoms with Crippen LogP contribution in [0.1, 0.15) is 100 Å². The van der Waals surface area contributed by atoms with Crippen molar-refractivity contribution in [3.05, 3.63) is 144 Å². The van der Waals surface area contributed by atoms with Crippen LogP contribution in [0.15, 0.2) is 126 Å². The number of carboxylic acids is 2. The van der Waals surface area contributed by atoms with Crippen LogP contribution in [-0.4, -0.2) is 164 Å². The predicted octanol–water partition coefficient (Wildman–Crippen LogP) is -3.83. The number of aromatic nitrogens is 4. The number of alkyl carbamates (subject to hydrolysis) is 2. The van der Waals surface area contributed by atoms with E-state index in [0.29, 0.717) is 91.9 Å². The molecule has 0 saturated heterocycles. The van der Waals surface area contributed by atoms with Crippen molar-refractivity contribution < 1.29 is 296 Å². The molecular formula is C71H88ClK4N13O18S2. The van der Waals surface area contributed by atoms with Gasteiger partial charge in [-0.25, -0.2) is 34.3 Å². The summed E-state index contributed by atoms with van der Waals surface area (Å²) in [5.41, 5.74) is 19.9. The molecule has 31 nitrogen and oxygen atoms in total. The molecule has 1 aliphatic heterocycles. The summed E-state index contributed by atoms with van der Waals surface area (Å²) in [6.45, 7) is 14.6. The van der Waals surface area contributed by atoms with Crippen molar-refractivity contribution in [1.29, 1.82) is 15.8 Å². The predicted molar refractivity (Wildman–Crippen MR) is 398 cm³/mol. The molecule has 0 spiro atoms. The number of hydrogen-bond acceptors (Lipinski definition) is 29. The summed E-state index contributed by atoms with van der Waals surface area (Å²) in [6, 6.07) is 40.5. The molecule has 11 N–H and O–H groups in total. The molecule has 109 heavy (non-hydrogen) atoms. The summed E-state index contributed by atoms with van der Waals surface area (Å²) < 4.78 is 27.0. The molecule has 568 valence electrons. The fourth-order valence-electron chi connectivity index (χ4n) is 7.60. The summed E-state index contributed by atoms with van der Waals surface area (Å²) in [5, 5.41) is 78.9. The third kappa shape index (κ3) is 49.1. The van der Waals surface area contributed by atoms with Crippen molar-refractivity contribution in [1.82, 2.24) is 30.6 Å². The number of pyridine rings is 4. The molecule has 2 amide bonds. The first-order valence-electron chi connectivity index (χ1n) is 31.4. The monoisotopic (exact) mass is 1670 g/mol. The average Bonchev–Trinajstić information content (AvgIpc) is 1.77. The Bertz CT molecular complexity index is 4220. The number of nitrogens with one attached hydrogen (secondary N) is 2. The van der Waals surface area contributed by atoms with Crippen LogP contribution < -0.4 is 258 Å². The minimum atomic E-state index is -1.00. The number of aromatic hydroxyl groups is 1. The van der Waals surface area contributed by atoms with E-state index >= 15 is 0 Å². The van der Waals surface area contributed by atoms with Gasteiger partial charge in [-0.2, -0.15) is 28.4 Å². The Morgan fingerprint density at radius 1 is 0.615 bits per heavy atom. The number of ether oxygens (including phenoxy) is 5. The first-order valence-corrected chi connectivity index (χ1v) is 33.6. The number of thioether (sulfide) groups is 1. The quantitative estimate of drug-likeness (QED) is 0.00597. The molecule has 1 aliphatic rings. The first kappa shape index (κ1) is 111. The van der Waals surface area contributed by atoms with Gasteiger partial charge in [0.05, 0.1) is 47.6 Å². The fourth-order valence-corrected chi connectivity index (χ4v) is 8.89. The van der Waals surface area contributed by atoms with E-state index in [9.17, 15) is 19.2 Å². The van der Waals surface area contributed by atoms with Crippen molar-refractivity contribution in [2.45, 2.75) is 97.9 Å². The van der Waals surface area contributed by atoms with Gasteiger partial charge >= 0.3 is 230 Å². The Morgan fingerprint density at radius 2 is 0.972 bits per heavy atom. The van der Waals surface area contributed by atoms with Crippen LogP contribution in [0.4, 0.5) is 9.59 Å². The number of nitrogens with two attached hydrogens (primary N) is 3. The summed E-state index contributed by atoms with van der Waals surface area (Å²) in [6.07, 6.45) is 2.28. The Morgan fingerprint density at radius 3 is 1.29 bits per heavy atom. The number of aliphatic imine (C=N–C) groups is 1. The van der Waals surface area contributed by atoms with E-state index in [0.717, 1.165) is 80.1 Å². The molecule has 8 aromatic rings. The number of nitrogens with zero attached hydrogens (tertiary/aromatic N) is 8. The number of nitriles is 3. The molecular weight excluding hydrogens is 1580 g/mol. The molecule has 9 rings (SSSR count). The molecule has 0 radical (unpaired) electrons. The van der Waals surface area contributed by atoms with Crippen molar-refractivity contribution in [2.24, 2.45) is 22.2 Å². The zero-order valence-corrected chi connectivity index (χ0v) is 76.7. The number of phenolic OH excluding ortho intramolecular Hbond substituents is 1. The van der Waals surface area contributed by atoms with E-state index in [1.165, 1.54) is 11.8 Å². The van der Waals surface area contributed by atoms with Gasteiger partial charge in [-0.3, -0.25) is 19.4 Å². The maximum Gasteiger partial charge on any atom is 1.00 e. The number of carboxylic acid groups (broad SMARTS) is 2. The van der Waals surface area contributed by atoms with Gasteiger partial charge in [0.1, 0.15) is 80.6 Å². The van der Waals surface area contributed by atoms with E-state index in [4.69, 9.17) is 104 Å². The number of rotatable bonds is 22. The number of thiol groups is 1. The number of alkyl halides is 1. The van der Waals surface area contributed by atoms with E-state index in [1.54, 1.807) is 42.5 Å². The number of hydrogen-bond donors (Lipinski definition) is 9. The summed E-state index contributed by atoms with van der Waals surface area (Å²) in [7, 11) is 0. The minimum Gasteiger partial charge on any atom is -1.00 e. The zero-order valence-electron chi connectivity index (χ0n) is 63.8. The van der Waals surface area contributed by atoms with Crippen molar-refractivity contribution in [3.63, 3.8) is 0 Å². The molecule has 0 saturated carbocycles. The number of aliphatic carboxylic acids is 2. The number of benzene rings is 4. The molecule has 4 aromatic heterocycles. The van der Waals surface area contributed by atoms with Gasteiger partial charge in [0.2, 0.25) is 0 Å². The van der Waals surface area contributed by atoms with Gasteiger partial charge in [-0.1, -0.05) is 13.5 Å². The van der Waals surface area contributed by atoms with Crippen LogP contribution in [0.25, 0.3) is 43.6 Å². The Balaban J connectivity index is -0.000000297. The number of carbonyl (C=O) groups excluding carboxylic acids is 4. The van der Waals surface area contributed by atoms with Crippen LogP contribution in [0, 0.1) is 34.0 Å². The van der Waals surface area contributed by atoms with Gasteiger partial charge in [-0.05, 0) is 196 Å². The smallest absolute Gasteiger partial charge is 1.00 e. The van der Waals surface area contributed by atoms with Crippen LogP contribution >= 0.6 is 36.0 Å². The molecule has 0 bridgehead atoms. The summed E-state index contributed by atoms with van der Waals surface area (Å²) in [4.78, 5) is 86.9. The number of carbonyl (C=O) groups is 6. The van der Waals surface area contributed by atoms with Gasteiger partial charge in [0.25, 0.3) is 12.9 Å². The largest absolute Gasteiger partial charge is 1.00 e. The molecule has 0 aliphatic carbocycles. The second kappa shape index (κ2) is 64.0. The zero-order chi connectivity index (χ0) is 77.5. The Labute approximate surface area is 820 Å². The SMILES string of the molecule is C.CC(C)(C)OC(=O)NCCCCl.CC(C)(C)OC(=O)NCCCOc1ccc2nc(C#N)ccc2c1.N#Cc1ccc2cc(O)ccc2n1.N#Cc1ccc2cc(OCCCN)ccc2n1.NCCCOc1ccc2nc(C3=N[C@@H](C(=O)O)CS3)ccc2c1.N[C@H](CS)C(=O)O.O=CO[O-].O=CO[O-].[H-].[H-].[K+].[K+].[K+].[K+]. The normalized spacial score (nSPS) is 11.2. The second-order valence-corrected chi connectivity index (χ2v) is 24.5. The number of fused-ring (bicyclic) bond motifs is 4. The number of phenols is 1. The summed E-state index contributed by atoms with van der Waals surface area (Å²) >= 11 is 10.5.